The van der Waals surface area contributed by atoms with Crippen molar-refractivity contribution in [2.75, 3.05) is 10.6 Å². The minimum atomic E-state index is -0.117. The third-order valence-electron chi connectivity index (χ3n) is 4.45. The van der Waals surface area contributed by atoms with Crippen molar-refractivity contribution >= 4 is 23.2 Å². The molecular weight excluding hydrogens is 266 g/mol. The first-order valence-corrected chi connectivity index (χ1v) is 7.48. The maximum Gasteiger partial charge on any atom is 0.229 e. The molecule has 3 unspecified atom stereocenters. The van der Waals surface area contributed by atoms with Crippen LogP contribution in [0.15, 0.2) is 18.2 Å². The van der Waals surface area contributed by atoms with Gasteiger partial charge in [-0.05, 0) is 43.9 Å². The number of amides is 2. The van der Waals surface area contributed by atoms with Crippen LogP contribution in [0.4, 0.5) is 11.4 Å². The minimum absolute atomic E-state index is 0.0626. The maximum atomic E-state index is 12.5. The van der Waals surface area contributed by atoms with E-state index in [0.717, 1.165) is 24.1 Å². The zero-order valence-corrected chi connectivity index (χ0v) is 12.4. The number of carbonyl (C=O) groups is 2. The summed E-state index contributed by atoms with van der Waals surface area (Å²) >= 11 is 0. The lowest BCUT2D eigenvalue weighted by Gasteiger charge is -2.20. The van der Waals surface area contributed by atoms with Gasteiger partial charge in [0.05, 0.1) is 5.92 Å². The van der Waals surface area contributed by atoms with Gasteiger partial charge in [0.25, 0.3) is 0 Å². The Kier molecular flexibility index (Phi) is 3.68. The van der Waals surface area contributed by atoms with Crippen LogP contribution >= 0.6 is 0 Å². The molecule has 2 bridgehead atoms. The number of hydrogen-bond donors (Lipinski definition) is 3. The highest BCUT2D eigenvalue weighted by molar-refractivity contribution is 5.95. The highest BCUT2D eigenvalue weighted by atomic mass is 16.2. The first kappa shape index (κ1) is 14.1. The Morgan fingerprint density at radius 1 is 1.24 bits per heavy atom. The predicted molar refractivity (Wildman–Crippen MR) is 82.2 cm³/mol. The maximum absolute atomic E-state index is 12.5. The molecule has 21 heavy (non-hydrogen) atoms. The van der Waals surface area contributed by atoms with Gasteiger partial charge < -0.3 is 16.0 Å². The first-order valence-electron chi connectivity index (χ1n) is 7.48. The Morgan fingerprint density at radius 3 is 2.67 bits per heavy atom. The molecule has 3 rings (SSSR count). The molecule has 2 heterocycles. The molecule has 5 heteroatoms. The normalized spacial score (nSPS) is 26.7. The second kappa shape index (κ2) is 5.48. The van der Waals surface area contributed by atoms with Crippen LogP contribution in [0.25, 0.3) is 0 Å². The summed E-state index contributed by atoms with van der Waals surface area (Å²) in [6.07, 6.45) is 3.21. The van der Waals surface area contributed by atoms with E-state index in [9.17, 15) is 9.59 Å². The van der Waals surface area contributed by atoms with Gasteiger partial charge in [0.2, 0.25) is 11.8 Å². The van der Waals surface area contributed by atoms with Gasteiger partial charge in [-0.25, -0.2) is 0 Å². The molecule has 1 aromatic rings. The topological polar surface area (TPSA) is 70.2 Å². The summed E-state index contributed by atoms with van der Waals surface area (Å²) in [5.74, 6) is 0.0266. The number of anilines is 2. The summed E-state index contributed by atoms with van der Waals surface area (Å²) in [5.41, 5.74) is 2.47. The second-order valence-electron chi connectivity index (χ2n) is 6.09. The number of carbonyl (C=O) groups excluding carboxylic acids is 2. The van der Waals surface area contributed by atoms with Gasteiger partial charge in [-0.1, -0.05) is 6.07 Å². The molecule has 0 aliphatic carbocycles. The second-order valence-corrected chi connectivity index (χ2v) is 6.09. The molecule has 1 aromatic carbocycles. The molecule has 5 nitrogen and oxygen atoms in total. The van der Waals surface area contributed by atoms with E-state index in [1.807, 2.05) is 25.1 Å². The molecule has 0 aromatic heterocycles. The van der Waals surface area contributed by atoms with Gasteiger partial charge in [-0.3, -0.25) is 9.59 Å². The number of benzene rings is 1. The Bertz CT molecular complexity index is 585. The third kappa shape index (κ3) is 2.93. The summed E-state index contributed by atoms with van der Waals surface area (Å²) in [6, 6.07) is 6.40. The van der Waals surface area contributed by atoms with Gasteiger partial charge in [0, 0.05) is 30.4 Å². The highest BCUT2D eigenvalue weighted by Gasteiger charge is 2.42. The average molecular weight is 287 g/mol. The quantitative estimate of drug-likeness (QED) is 0.796. The molecular formula is C16H21N3O2. The number of nitrogens with one attached hydrogen (secondary N) is 3. The fourth-order valence-electron chi connectivity index (χ4n) is 3.38. The fraction of sp³-hybridized carbons (Fsp3) is 0.500. The smallest absolute Gasteiger partial charge is 0.229 e. The third-order valence-corrected chi connectivity index (χ3v) is 4.45. The zero-order valence-electron chi connectivity index (χ0n) is 12.4. The van der Waals surface area contributed by atoms with E-state index >= 15 is 0 Å². The first-order chi connectivity index (χ1) is 10.0. The Balaban J connectivity index is 1.71. The predicted octanol–water partition coefficient (Wildman–Crippen LogP) is 2.03. The highest BCUT2D eigenvalue weighted by Crippen LogP contribution is 2.34. The van der Waals surface area contributed by atoms with E-state index < -0.39 is 0 Å². The van der Waals surface area contributed by atoms with Gasteiger partial charge in [-0.2, -0.15) is 0 Å². The van der Waals surface area contributed by atoms with Crippen molar-refractivity contribution in [2.24, 2.45) is 5.92 Å². The lowest BCUT2D eigenvalue weighted by Crippen LogP contribution is -2.33. The van der Waals surface area contributed by atoms with Crippen LogP contribution in [0.2, 0.25) is 0 Å². The van der Waals surface area contributed by atoms with E-state index in [4.69, 9.17) is 0 Å². The summed E-state index contributed by atoms with van der Waals surface area (Å²) < 4.78 is 0. The van der Waals surface area contributed by atoms with Crippen molar-refractivity contribution in [3.63, 3.8) is 0 Å². The van der Waals surface area contributed by atoms with Crippen molar-refractivity contribution in [2.45, 2.75) is 45.2 Å². The SMILES string of the molecule is CC(=O)Nc1ccc(C)c(NC(=O)C2CC3CCC2N3)c1. The van der Waals surface area contributed by atoms with E-state index in [1.54, 1.807) is 0 Å². The Hall–Kier alpha value is -1.88. The van der Waals surface area contributed by atoms with E-state index in [1.165, 1.54) is 13.3 Å². The number of hydrogen-bond acceptors (Lipinski definition) is 3. The number of rotatable bonds is 3. The van der Waals surface area contributed by atoms with Crippen LogP contribution < -0.4 is 16.0 Å². The Labute approximate surface area is 124 Å². The lowest BCUT2D eigenvalue weighted by atomic mass is 9.88. The fourth-order valence-corrected chi connectivity index (χ4v) is 3.38. The van der Waals surface area contributed by atoms with Crippen molar-refractivity contribution in [1.29, 1.82) is 0 Å². The summed E-state index contributed by atoms with van der Waals surface area (Å²) in [7, 11) is 0. The van der Waals surface area contributed by atoms with Crippen molar-refractivity contribution in [1.82, 2.24) is 5.32 Å². The molecule has 2 amide bonds. The van der Waals surface area contributed by atoms with E-state index in [-0.39, 0.29) is 17.7 Å². The molecule has 2 aliphatic heterocycles. The molecule has 2 saturated heterocycles. The van der Waals surface area contributed by atoms with Crippen LogP contribution in [0, 0.1) is 12.8 Å². The van der Waals surface area contributed by atoms with Crippen LogP contribution in [0.1, 0.15) is 31.7 Å². The summed E-state index contributed by atoms with van der Waals surface area (Å²) in [5, 5.41) is 9.24. The van der Waals surface area contributed by atoms with Gasteiger partial charge >= 0.3 is 0 Å². The van der Waals surface area contributed by atoms with Crippen LogP contribution in [-0.2, 0) is 9.59 Å². The van der Waals surface area contributed by atoms with E-state index in [0.29, 0.717) is 17.8 Å². The lowest BCUT2D eigenvalue weighted by molar-refractivity contribution is -0.120. The van der Waals surface area contributed by atoms with Crippen molar-refractivity contribution in [3.8, 4) is 0 Å². The standard InChI is InChI=1S/C16H21N3O2/c1-9-3-4-12(17-10(2)20)8-15(9)19-16(21)13-7-11-5-6-14(13)18-11/h3-4,8,11,13-14,18H,5-7H2,1-2H3,(H,17,20)(H,19,21). The van der Waals surface area contributed by atoms with Gasteiger partial charge in [0.15, 0.2) is 0 Å². The molecule has 0 spiro atoms. The zero-order chi connectivity index (χ0) is 15.0. The van der Waals surface area contributed by atoms with Gasteiger partial charge in [0.1, 0.15) is 0 Å². The summed E-state index contributed by atoms with van der Waals surface area (Å²) in [4.78, 5) is 23.6. The van der Waals surface area contributed by atoms with Crippen LogP contribution in [0.3, 0.4) is 0 Å². The molecule has 2 fully saturated rings. The molecule has 0 radical (unpaired) electrons. The van der Waals surface area contributed by atoms with Gasteiger partial charge in [-0.15, -0.1) is 0 Å². The molecule has 2 aliphatic rings. The minimum Gasteiger partial charge on any atom is -0.326 e. The van der Waals surface area contributed by atoms with Crippen LogP contribution in [-0.4, -0.2) is 23.9 Å². The average Bonchev–Trinajstić information content (AvgIpc) is 3.04. The molecule has 112 valence electrons. The summed E-state index contributed by atoms with van der Waals surface area (Å²) in [6.45, 7) is 3.42. The van der Waals surface area contributed by atoms with Crippen molar-refractivity contribution < 1.29 is 9.59 Å². The van der Waals surface area contributed by atoms with Crippen molar-refractivity contribution in [3.05, 3.63) is 23.8 Å². The number of fused-ring (bicyclic) bond motifs is 2. The molecule has 0 saturated carbocycles. The van der Waals surface area contributed by atoms with Crippen LogP contribution in [0.5, 0.6) is 0 Å². The van der Waals surface area contributed by atoms with E-state index in [2.05, 4.69) is 16.0 Å². The molecule has 3 N–H and O–H groups in total. The largest absolute Gasteiger partial charge is 0.326 e. The Morgan fingerprint density at radius 2 is 2.05 bits per heavy atom. The number of aryl methyl sites for hydroxylation is 1. The molecule has 3 atom stereocenters. The monoisotopic (exact) mass is 287 g/mol.